The van der Waals surface area contributed by atoms with Crippen LogP contribution in [0.15, 0.2) is 6.07 Å². The van der Waals surface area contributed by atoms with Crippen LogP contribution >= 0.6 is 23.2 Å². The van der Waals surface area contributed by atoms with E-state index in [0.29, 0.717) is 10.3 Å². The first kappa shape index (κ1) is 11.9. The number of halogens is 2. The maximum Gasteiger partial charge on any atom is 0.175 e. The molecule has 0 bridgehead atoms. The second kappa shape index (κ2) is 4.35. The molecule has 2 rings (SSSR count). The quantitative estimate of drug-likeness (QED) is 0.839. The highest BCUT2D eigenvalue weighted by molar-refractivity contribution is 6.33. The number of nitrogens with zero attached hydrogens (tertiary/aromatic N) is 3. The van der Waals surface area contributed by atoms with Gasteiger partial charge >= 0.3 is 0 Å². The van der Waals surface area contributed by atoms with Gasteiger partial charge in [0.25, 0.3) is 0 Å². The molecular weight excluding hydrogens is 247 g/mol. The van der Waals surface area contributed by atoms with Gasteiger partial charge in [0.1, 0.15) is 0 Å². The zero-order chi connectivity index (χ0) is 11.8. The molecule has 2 heterocycles. The zero-order valence-corrected chi connectivity index (χ0v) is 10.8. The monoisotopic (exact) mass is 260 g/mol. The predicted octanol–water partition coefficient (Wildman–Crippen LogP) is 1.97. The molecule has 1 aliphatic rings. The van der Waals surface area contributed by atoms with E-state index in [2.05, 4.69) is 34.3 Å². The first-order valence-electron chi connectivity index (χ1n) is 5.17. The molecule has 6 heteroatoms. The number of nitrogens with one attached hydrogen (secondary N) is 1. The van der Waals surface area contributed by atoms with Crippen LogP contribution in [-0.2, 0) is 0 Å². The Morgan fingerprint density at radius 1 is 1.38 bits per heavy atom. The van der Waals surface area contributed by atoms with Crippen molar-refractivity contribution in [2.75, 3.05) is 24.5 Å². The number of aromatic nitrogens is 2. The molecule has 0 aromatic carbocycles. The topological polar surface area (TPSA) is 41.1 Å². The largest absolute Gasteiger partial charge is 0.366 e. The van der Waals surface area contributed by atoms with Crippen molar-refractivity contribution in [2.24, 2.45) is 0 Å². The predicted molar refractivity (Wildman–Crippen MR) is 66.3 cm³/mol. The summed E-state index contributed by atoms with van der Waals surface area (Å²) in [6, 6.07) is 1.76. The van der Waals surface area contributed by atoms with E-state index in [1.807, 2.05) is 0 Å². The molecule has 0 amide bonds. The normalized spacial score (nSPS) is 19.9. The third kappa shape index (κ3) is 2.56. The molecule has 0 unspecified atom stereocenters. The molecule has 0 aliphatic carbocycles. The summed E-state index contributed by atoms with van der Waals surface area (Å²) in [7, 11) is 0. The summed E-state index contributed by atoms with van der Waals surface area (Å²) in [5.74, 6) is 0. The smallest absolute Gasteiger partial charge is 0.175 e. The molecule has 0 radical (unpaired) electrons. The van der Waals surface area contributed by atoms with Gasteiger partial charge in [-0.15, -0.1) is 10.2 Å². The third-order valence-corrected chi connectivity index (χ3v) is 3.07. The Morgan fingerprint density at radius 2 is 2.12 bits per heavy atom. The lowest BCUT2D eigenvalue weighted by atomic mass is 10.0. The molecule has 1 saturated heterocycles. The standard InChI is InChI=1S/C10H14Cl2N4/c1-10(2)6-16(4-3-13-10)7-5-8(11)14-15-9(7)12/h5,13H,3-4,6H2,1-2H3. The fourth-order valence-electron chi connectivity index (χ4n) is 1.91. The molecule has 1 aliphatic heterocycles. The summed E-state index contributed by atoms with van der Waals surface area (Å²) in [5.41, 5.74) is 0.924. The summed E-state index contributed by atoms with van der Waals surface area (Å²) < 4.78 is 0. The molecule has 1 fully saturated rings. The summed E-state index contributed by atoms with van der Waals surface area (Å²) >= 11 is 11.9. The summed E-state index contributed by atoms with van der Waals surface area (Å²) in [6.45, 7) is 7.00. The van der Waals surface area contributed by atoms with E-state index in [1.54, 1.807) is 6.07 Å². The van der Waals surface area contributed by atoms with Crippen LogP contribution in [-0.4, -0.2) is 35.4 Å². The highest BCUT2D eigenvalue weighted by Gasteiger charge is 2.27. The molecule has 16 heavy (non-hydrogen) atoms. The Hall–Kier alpha value is -0.580. The van der Waals surface area contributed by atoms with Crippen molar-refractivity contribution >= 4 is 28.9 Å². The van der Waals surface area contributed by atoms with E-state index in [9.17, 15) is 0 Å². The van der Waals surface area contributed by atoms with E-state index < -0.39 is 0 Å². The average Bonchev–Trinajstić information content (AvgIpc) is 2.20. The van der Waals surface area contributed by atoms with Crippen LogP contribution in [0.2, 0.25) is 10.3 Å². The Bertz CT molecular complexity index is 394. The fraction of sp³-hybridized carbons (Fsp3) is 0.600. The SMILES string of the molecule is CC1(C)CN(c2cc(Cl)nnc2Cl)CCN1. The molecule has 0 saturated carbocycles. The molecule has 0 atom stereocenters. The van der Waals surface area contributed by atoms with E-state index in [1.165, 1.54) is 0 Å². The second-order valence-electron chi connectivity index (χ2n) is 4.58. The summed E-state index contributed by atoms with van der Waals surface area (Å²) in [6.07, 6.45) is 0. The van der Waals surface area contributed by atoms with Crippen LogP contribution in [0.4, 0.5) is 5.69 Å². The maximum absolute atomic E-state index is 6.03. The Balaban J connectivity index is 2.26. The number of anilines is 1. The lowest BCUT2D eigenvalue weighted by Gasteiger charge is -2.40. The second-order valence-corrected chi connectivity index (χ2v) is 5.32. The van der Waals surface area contributed by atoms with Gasteiger partial charge in [0.2, 0.25) is 0 Å². The number of piperazine rings is 1. The minimum absolute atomic E-state index is 0.0668. The van der Waals surface area contributed by atoms with Crippen LogP contribution in [0.3, 0.4) is 0 Å². The average molecular weight is 261 g/mol. The van der Waals surface area contributed by atoms with Gasteiger partial charge in [0.15, 0.2) is 10.3 Å². The van der Waals surface area contributed by atoms with Gasteiger partial charge in [0.05, 0.1) is 5.69 Å². The van der Waals surface area contributed by atoms with E-state index in [0.717, 1.165) is 25.3 Å². The Kier molecular flexibility index (Phi) is 3.24. The van der Waals surface area contributed by atoms with Gasteiger partial charge in [-0.25, -0.2) is 0 Å². The van der Waals surface area contributed by atoms with Crippen molar-refractivity contribution < 1.29 is 0 Å². The lowest BCUT2D eigenvalue weighted by Crippen LogP contribution is -2.57. The number of hydrogen-bond donors (Lipinski definition) is 1. The molecule has 1 aromatic rings. The minimum Gasteiger partial charge on any atom is -0.366 e. The minimum atomic E-state index is 0.0668. The van der Waals surface area contributed by atoms with E-state index >= 15 is 0 Å². The molecule has 0 spiro atoms. The van der Waals surface area contributed by atoms with Gasteiger partial charge < -0.3 is 10.2 Å². The van der Waals surface area contributed by atoms with E-state index in [4.69, 9.17) is 23.2 Å². The van der Waals surface area contributed by atoms with Gasteiger partial charge in [-0.2, -0.15) is 0 Å². The van der Waals surface area contributed by atoms with Crippen molar-refractivity contribution in [3.8, 4) is 0 Å². The van der Waals surface area contributed by atoms with Crippen molar-refractivity contribution in [3.05, 3.63) is 16.4 Å². The van der Waals surface area contributed by atoms with Gasteiger partial charge in [0, 0.05) is 31.2 Å². The first-order chi connectivity index (χ1) is 7.48. The molecule has 1 aromatic heterocycles. The van der Waals surface area contributed by atoms with Crippen molar-refractivity contribution in [2.45, 2.75) is 19.4 Å². The molecule has 4 nitrogen and oxygen atoms in total. The Labute approximate surface area is 105 Å². The van der Waals surface area contributed by atoms with Crippen LogP contribution in [0, 0.1) is 0 Å². The van der Waals surface area contributed by atoms with Gasteiger partial charge in [-0.1, -0.05) is 23.2 Å². The van der Waals surface area contributed by atoms with Crippen molar-refractivity contribution in [3.63, 3.8) is 0 Å². The molecule has 88 valence electrons. The number of hydrogen-bond acceptors (Lipinski definition) is 4. The molecule has 1 N–H and O–H groups in total. The summed E-state index contributed by atoms with van der Waals surface area (Å²) in [4.78, 5) is 2.18. The van der Waals surface area contributed by atoms with Crippen LogP contribution in [0.25, 0.3) is 0 Å². The number of rotatable bonds is 1. The summed E-state index contributed by atoms with van der Waals surface area (Å²) in [5, 5.41) is 11.7. The Morgan fingerprint density at radius 3 is 2.81 bits per heavy atom. The van der Waals surface area contributed by atoms with Crippen molar-refractivity contribution in [1.29, 1.82) is 0 Å². The first-order valence-corrected chi connectivity index (χ1v) is 5.92. The van der Waals surface area contributed by atoms with Crippen LogP contribution < -0.4 is 10.2 Å². The zero-order valence-electron chi connectivity index (χ0n) is 9.30. The van der Waals surface area contributed by atoms with E-state index in [-0.39, 0.29) is 5.54 Å². The fourth-order valence-corrected chi connectivity index (χ4v) is 2.27. The highest BCUT2D eigenvalue weighted by Crippen LogP contribution is 2.27. The van der Waals surface area contributed by atoms with Crippen molar-refractivity contribution in [1.82, 2.24) is 15.5 Å². The highest BCUT2D eigenvalue weighted by atomic mass is 35.5. The van der Waals surface area contributed by atoms with Gasteiger partial charge in [-0.3, -0.25) is 0 Å². The van der Waals surface area contributed by atoms with Gasteiger partial charge in [-0.05, 0) is 13.8 Å². The molecular formula is C10H14Cl2N4. The van der Waals surface area contributed by atoms with Crippen LogP contribution in [0.1, 0.15) is 13.8 Å². The maximum atomic E-state index is 6.03. The lowest BCUT2D eigenvalue weighted by molar-refractivity contribution is 0.353. The van der Waals surface area contributed by atoms with Crippen LogP contribution in [0.5, 0.6) is 0 Å². The third-order valence-electron chi connectivity index (χ3n) is 2.61.